The highest BCUT2D eigenvalue weighted by molar-refractivity contribution is 5.91. The van der Waals surface area contributed by atoms with Gasteiger partial charge in [-0.1, -0.05) is 12.1 Å². The lowest BCUT2D eigenvalue weighted by Gasteiger charge is -2.37. The molecule has 6 nitrogen and oxygen atoms in total. The molecule has 112 valence electrons. The average Bonchev–Trinajstić information content (AvgIpc) is 2.93. The number of rotatable bonds is 2. The summed E-state index contributed by atoms with van der Waals surface area (Å²) < 4.78 is 0. The normalized spacial score (nSPS) is 22.3. The summed E-state index contributed by atoms with van der Waals surface area (Å²) in [5.41, 5.74) is 7.68. The van der Waals surface area contributed by atoms with Crippen molar-refractivity contribution in [2.45, 2.75) is 19.4 Å². The monoisotopic (exact) mass is 288 g/mol. The Kier molecular flexibility index (Phi) is 3.79. The van der Waals surface area contributed by atoms with E-state index in [1.54, 1.807) is 0 Å². The molecule has 2 N–H and O–H groups in total. The first-order valence-electron chi connectivity index (χ1n) is 7.28. The Morgan fingerprint density at radius 3 is 2.62 bits per heavy atom. The number of anilines is 1. The van der Waals surface area contributed by atoms with E-state index >= 15 is 0 Å². The Morgan fingerprint density at radius 2 is 2.00 bits per heavy atom. The van der Waals surface area contributed by atoms with Crippen LogP contribution in [0, 0.1) is 6.92 Å². The highest BCUT2D eigenvalue weighted by Gasteiger charge is 2.32. The van der Waals surface area contributed by atoms with Gasteiger partial charge in [0.25, 0.3) is 0 Å². The molecule has 1 unspecified atom stereocenters. The zero-order valence-corrected chi connectivity index (χ0v) is 12.1. The molecule has 3 rings (SSSR count). The summed E-state index contributed by atoms with van der Waals surface area (Å²) in [5, 5.41) is 0. The lowest BCUT2D eigenvalue weighted by molar-refractivity contribution is -0.134. The predicted octanol–water partition coefficient (Wildman–Crippen LogP) is 0.0367. The first-order chi connectivity index (χ1) is 10.1. The molecule has 6 heteroatoms. The van der Waals surface area contributed by atoms with Gasteiger partial charge in [0.15, 0.2) is 0 Å². The van der Waals surface area contributed by atoms with Crippen molar-refractivity contribution in [3.05, 3.63) is 29.8 Å². The van der Waals surface area contributed by atoms with Gasteiger partial charge in [0.05, 0.1) is 6.42 Å². The second-order valence-corrected chi connectivity index (χ2v) is 5.60. The number of benzene rings is 1. The summed E-state index contributed by atoms with van der Waals surface area (Å²) in [7, 11) is 0. The number of carbonyl (C=O) groups is 2. The van der Waals surface area contributed by atoms with E-state index < -0.39 is 6.04 Å². The number of amides is 2. The molecule has 21 heavy (non-hydrogen) atoms. The van der Waals surface area contributed by atoms with Crippen molar-refractivity contribution in [2.24, 2.45) is 0 Å². The van der Waals surface area contributed by atoms with Gasteiger partial charge < -0.3 is 9.80 Å². The summed E-state index contributed by atoms with van der Waals surface area (Å²) in [6, 6.07) is 7.99. The molecule has 2 saturated heterocycles. The first-order valence-corrected chi connectivity index (χ1v) is 7.28. The lowest BCUT2D eigenvalue weighted by Crippen LogP contribution is -2.53. The third-order valence-corrected chi connectivity index (χ3v) is 4.03. The van der Waals surface area contributed by atoms with Crippen LogP contribution in [-0.4, -0.2) is 48.9 Å². The average molecular weight is 288 g/mol. The second-order valence-electron chi connectivity index (χ2n) is 5.60. The van der Waals surface area contributed by atoms with Crippen LogP contribution in [0.1, 0.15) is 12.0 Å². The van der Waals surface area contributed by atoms with E-state index in [0.717, 1.165) is 13.1 Å². The zero-order valence-electron chi connectivity index (χ0n) is 12.1. The molecule has 2 heterocycles. The standard InChI is InChI=1S/C15H20N4O2/c1-11-3-2-4-12(9-11)18-5-7-19(8-6-18)15(21)13-10-14(20)17-16-13/h2-4,9,13,16H,5-8,10H2,1H3,(H,17,20). The molecular weight excluding hydrogens is 268 g/mol. The van der Waals surface area contributed by atoms with Gasteiger partial charge >= 0.3 is 0 Å². The van der Waals surface area contributed by atoms with Gasteiger partial charge in [0, 0.05) is 31.9 Å². The minimum Gasteiger partial charge on any atom is -0.368 e. The van der Waals surface area contributed by atoms with E-state index in [1.807, 2.05) is 4.90 Å². The molecule has 0 aromatic heterocycles. The van der Waals surface area contributed by atoms with E-state index in [1.165, 1.54) is 11.3 Å². The first kappa shape index (κ1) is 13.9. The summed E-state index contributed by atoms with van der Waals surface area (Å²) in [6.07, 6.45) is 0.233. The minimum absolute atomic E-state index is 0.0113. The van der Waals surface area contributed by atoms with Crippen LogP contribution in [-0.2, 0) is 9.59 Å². The van der Waals surface area contributed by atoms with Crippen molar-refractivity contribution < 1.29 is 9.59 Å². The fraction of sp³-hybridized carbons (Fsp3) is 0.467. The van der Waals surface area contributed by atoms with Crippen LogP contribution in [0.2, 0.25) is 0 Å². The molecule has 2 aliphatic heterocycles. The zero-order chi connectivity index (χ0) is 14.8. The number of hydrogen-bond donors (Lipinski definition) is 2. The predicted molar refractivity (Wildman–Crippen MR) is 79.7 cm³/mol. The Morgan fingerprint density at radius 1 is 1.24 bits per heavy atom. The smallest absolute Gasteiger partial charge is 0.242 e. The largest absolute Gasteiger partial charge is 0.368 e. The van der Waals surface area contributed by atoms with Crippen LogP contribution in [0.4, 0.5) is 5.69 Å². The Bertz CT molecular complexity index is 552. The van der Waals surface area contributed by atoms with Gasteiger partial charge in [-0.25, -0.2) is 5.43 Å². The third kappa shape index (κ3) is 3.00. The van der Waals surface area contributed by atoms with Crippen molar-refractivity contribution in [2.75, 3.05) is 31.1 Å². The number of hydrazine groups is 1. The molecule has 0 spiro atoms. The van der Waals surface area contributed by atoms with Crippen molar-refractivity contribution >= 4 is 17.5 Å². The van der Waals surface area contributed by atoms with E-state index in [4.69, 9.17) is 0 Å². The quantitative estimate of drug-likeness (QED) is 0.806. The molecule has 2 amide bonds. The summed E-state index contributed by atoms with van der Waals surface area (Å²) in [5.74, 6) is -0.107. The Hall–Kier alpha value is -2.08. The number of carbonyl (C=O) groups excluding carboxylic acids is 2. The van der Waals surface area contributed by atoms with Crippen LogP contribution < -0.4 is 15.8 Å². The van der Waals surface area contributed by atoms with Gasteiger partial charge in [-0.05, 0) is 24.6 Å². The number of aryl methyl sites for hydroxylation is 1. The van der Waals surface area contributed by atoms with Crippen LogP contribution in [0.25, 0.3) is 0 Å². The molecule has 0 saturated carbocycles. The number of piperazine rings is 1. The fourth-order valence-corrected chi connectivity index (χ4v) is 2.83. The maximum atomic E-state index is 12.3. The van der Waals surface area contributed by atoms with Gasteiger partial charge in [0.1, 0.15) is 6.04 Å². The Balaban J connectivity index is 1.57. The van der Waals surface area contributed by atoms with Crippen LogP contribution in [0.3, 0.4) is 0 Å². The number of nitrogens with zero attached hydrogens (tertiary/aromatic N) is 2. The van der Waals surface area contributed by atoms with Crippen molar-refractivity contribution in [1.82, 2.24) is 15.8 Å². The summed E-state index contributed by atoms with van der Waals surface area (Å²) in [4.78, 5) is 27.6. The summed E-state index contributed by atoms with van der Waals surface area (Å²) in [6.45, 7) is 5.11. The van der Waals surface area contributed by atoms with E-state index in [-0.39, 0.29) is 18.2 Å². The topological polar surface area (TPSA) is 64.7 Å². The van der Waals surface area contributed by atoms with Crippen LogP contribution >= 0.6 is 0 Å². The van der Waals surface area contributed by atoms with Crippen LogP contribution in [0.5, 0.6) is 0 Å². The van der Waals surface area contributed by atoms with Crippen molar-refractivity contribution in [3.8, 4) is 0 Å². The van der Waals surface area contributed by atoms with Crippen molar-refractivity contribution in [3.63, 3.8) is 0 Å². The lowest BCUT2D eigenvalue weighted by atomic mass is 10.1. The fourth-order valence-electron chi connectivity index (χ4n) is 2.83. The third-order valence-electron chi connectivity index (χ3n) is 4.03. The molecule has 0 aliphatic carbocycles. The van der Waals surface area contributed by atoms with Gasteiger partial charge in [-0.3, -0.25) is 15.0 Å². The van der Waals surface area contributed by atoms with E-state index in [2.05, 4.69) is 46.9 Å². The van der Waals surface area contributed by atoms with Crippen LogP contribution in [0.15, 0.2) is 24.3 Å². The van der Waals surface area contributed by atoms with Gasteiger partial charge in [-0.2, -0.15) is 0 Å². The van der Waals surface area contributed by atoms with E-state index in [9.17, 15) is 9.59 Å². The molecular formula is C15H20N4O2. The molecule has 1 aromatic rings. The SMILES string of the molecule is Cc1cccc(N2CCN(C(=O)C3CC(=O)NN3)CC2)c1. The maximum absolute atomic E-state index is 12.3. The minimum atomic E-state index is -0.414. The molecule has 2 fully saturated rings. The molecule has 0 bridgehead atoms. The van der Waals surface area contributed by atoms with Gasteiger partial charge in [-0.15, -0.1) is 0 Å². The van der Waals surface area contributed by atoms with E-state index in [0.29, 0.717) is 13.1 Å². The highest BCUT2D eigenvalue weighted by Crippen LogP contribution is 2.18. The second kappa shape index (κ2) is 5.73. The Labute approximate surface area is 124 Å². The molecule has 2 aliphatic rings. The number of nitrogens with one attached hydrogen (secondary N) is 2. The van der Waals surface area contributed by atoms with Gasteiger partial charge in [0.2, 0.25) is 11.8 Å². The molecule has 1 atom stereocenters. The number of hydrogen-bond acceptors (Lipinski definition) is 4. The molecule has 1 aromatic carbocycles. The maximum Gasteiger partial charge on any atom is 0.242 e. The van der Waals surface area contributed by atoms with Crippen molar-refractivity contribution in [1.29, 1.82) is 0 Å². The summed E-state index contributed by atoms with van der Waals surface area (Å²) >= 11 is 0. The molecule has 0 radical (unpaired) electrons. The highest BCUT2D eigenvalue weighted by atomic mass is 16.2.